The molecular formula is C24H29N5O4. The van der Waals surface area contributed by atoms with Crippen LogP contribution in [0.2, 0.25) is 0 Å². The molecule has 0 unspecified atom stereocenters. The van der Waals surface area contributed by atoms with Crippen molar-refractivity contribution in [3.05, 3.63) is 53.7 Å². The molecule has 2 aliphatic rings. The number of ether oxygens (including phenoxy) is 1. The second kappa shape index (κ2) is 10.3. The number of urea groups is 1. The molecule has 2 aromatic rings. The van der Waals surface area contributed by atoms with Crippen molar-refractivity contribution < 1.29 is 19.1 Å². The van der Waals surface area contributed by atoms with Crippen molar-refractivity contribution in [1.29, 1.82) is 0 Å². The lowest BCUT2D eigenvalue weighted by molar-refractivity contribution is 0.0525. The first-order valence-electron chi connectivity index (χ1n) is 11.4. The van der Waals surface area contributed by atoms with Gasteiger partial charge in [0.25, 0.3) is 5.91 Å². The summed E-state index contributed by atoms with van der Waals surface area (Å²) in [4.78, 5) is 45.1. The molecule has 1 aliphatic heterocycles. The van der Waals surface area contributed by atoms with Gasteiger partial charge in [0.15, 0.2) is 0 Å². The molecule has 9 heteroatoms. The standard InChI is InChI=1S/C24H29N5O4/c1-2-33-23(31)18-6-11-21(25-16-18)28-12-3-13-29(15-14-28)22(30)17-4-7-19(8-5-17)26-24(32)27-20-9-10-20/h4-8,11,16,20H,2-3,9-10,12-15H2,1H3,(H2,26,27,32). The van der Waals surface area contributed by atoms with Gasteiger partial charge in [0.1, 0.15) is 5.82 Å². The number of pyridine rings is 1. The van der Waals surface area contributed by atoms with Crippen molar-refractivity contribution in [3.8, 4) is 0 Å². The maximum Gasteiger partial charge on any atom is 0.339 e. The zero-order valence-corrected chi connectivity index (χ0v) is 18.8. The van der Waals surface area contributed by atoms with Gasteiger partial charge < -0.3 is 25.2 Å². The van der Waals surface area contributed by atoms with E-state index in [1.54, 1.807) is 37.3 Å². The number of amides is 3. The van der Waals surface area contributed by atoms with Crippen LogP contribution in [-0.4, -0.2) is 66.6 Å². The smallest absolute Gasteiger partial charge is 0.339 e. The lowest BCUT2D eigenvalue weighted by atomic mass is 10.1. The van der Waals surface area contributed by atoms with E-state index in [2.05, 4.69) is 20.5 Å². The number of hydrogen-bond donors (Lipinski definition) is 2. The molecule has 0 spiro atoms. The zero-order valence-electron chi connectivity index (χ0n) is 18.8. The summed E-state index contributed by atoms with van der Waals surface area (Å²) in [6.07, 6.45) is 4.40. The lowest BCUT2D eigenvalue weighted by Crippen LogP contribution is -2.35. The third-order valence-corrected chi connectivity index (χ3v) is 5.67. The largest absolute Gasteiger partial charge is 0.462 e. The van der Waals surface area contributed by atoms with E-state index in [-0.39, 0.29) is 17.9 Å². The Hall–Kier alpha value is -3.62. The van der Waals surface area contributed by atoms with Gasteiger partial charge >= 0.3 is 12.0 Å². The van der Waals surface area contributed by atoms with Crippen LogP contribution in [0.25, 0.3) is 0 Å². The number of carbonyl (C=O) groups excluding carboxylic acids is 3. The van der Waals surface area contributed by atoms with Crippen molar-refractivity contribution in [3.63, 3.8) is 0 Å². The molecule has 1 aromatic heterocycles. The number of nitrogens with zero attached hydrogens (tertiary/aromatic N) is 3. The van der Waals surface area contributed by atoms with Crippen molar-refractivity contribution in [2.75, 3.05) is 43.0 Å². The highest BCUT2D eigenvalue weighted by Gasteiger charge is 2.24. The number of anilines is 2. The fourth-order valence-corrected chi connectivity index (χ4v) is 3.72. The summed E-state index contributed by atoms with van der Waals surface area (Å²) >= 11 is 0. The summed E-state index contributed by atoms with van der Waals surface area (Å²) in [5.41, 5.74) is 1.67. The third-order valence-electron chi connectivity index (χ3n) is 5.67. The summed E-state index contributed by atoms with van der Waals surface area (Å²) in [5.74, 6) is 0.364. The number of carbonyl (C=O) groups is 3. The number of esters is 1. The monoisotopic (exact) mass is 451 g/mol. The van der Waals surface area contributed by atoms with Crippen molar-refractivity contribution in [1.82, 2.24) is 15.2 Å². The van der Waals surface area contributed by atoms with Gasteiger partial charge in [-0.2, -0.15) is 0 Å². The summed E-state index contributed by atoms with van der Waals surface area (Å²) < 4.78 is 5.00. The van der Waals surface area contributed by atoms with Gasteiger partial charge in [-0.3, -0.25) is 4.79 Å². The fourth-order valence-electron chi connectivity index (χ4n) is 3.72. The Bertz CT molecular complexity index is 989. The van der Waals surface area contributed by atoms with Crippen LogP contribution in [-0.2, 0) is 4.74 Å². The predicted molar refractivity (Wildman–Crippen MR) is 125 cm³/mol. The van der Waals surface area contributed by atoms with Gasteiger partial charge in [-0.05, 0) is 62.6 Å². The van der Waals surface area contributed by atoms with E-state index in [4.69, 9.17) is 4.74 Å². The van der Waals surface area contributed by atoms with E-state index < -0.39 is 0 Å². The molecule has 3 amide bonds. The first-order chi connectivity index (χ1) is 16.0. The van der Waals surface area contributed by atoms with E-state index in [0.717, 1.165) is 31.6 Å². The van der Waals surface area contributed by atoms with Gasteiger partial charge in [0.05, 0.1) is 12.2 Å². The van der Waals surface area contributed by atoms with Gasteiger partial charge in [0, 0.05) is 49.7 Å². The van der Waals surface area contributed by atoms with Crippen molar-refractivity contribution >= 4 is 29.4 Å². The van der Waals surface area contributed by atoms with E-state index in [0.29, 0.717) is 49.1 Å². The highest BCUT2D eigenvalue weighted by molar-refractivity contribution is 5.95. The third kappa shape index (κ3) is 6.00. The van der Waals surface area contributed by atoms with E-state index >= 15 is 0 Å². The SMILES string of the molecule is CCOC(=O)c1ccc(N2CCCN(C(=O)c3ccc(NC(=O)NC4CC4)cc3)CC2)nc1. The maximum absolute atomic E-state index is 13.0. The second-order valence-corrected chi connectivity index (χ2v) is 8.21. The second-order valence-electron chi connectivity index (χ2n) is 8.21. The molecule has 4 rings (SSSR count). The number of nitrogens with one attached hydrogen (secondary N) is 2. The van der Waals surface area contributed by atoms with Crippen LogP contribution in [0.15, 0.2) is 42.6 Å². The molecule has 174 valence electrons. The Morgan fingerprint density at radius 3 is 2.42 bits per heavy atom. The minimum Gasteiger partial charge on any atom is -0.462 e. The minimum atomic E-state index is -0.381. The van der Waals surface area contributed by atoms with Crippen LogP contribution in [0.1, 0.15) is 46.9 Å². The number of rotatable bonds is 6. The highest BCUT2D eigenvalue weighted by atomic mass is 16.5. The average molecular weight is 452 g/mol. The van der Waals surface area contributed by atoms with Crippen LogP contribution in [0.4, 0.5) is 16.3 Å². The maximum atomic E-state index is 13.0. The highest BCUT2D eigenvalue weighted by Crippen LogP contribution is 2.20. The zero-order chi connectivity index (χ0) is 23.2. The van der Waals surface area contributed by atoms with E-state index in [1.165, 1.54) is 6.20 Å². The van der Waals surface area contributed by atoms with Crippen LogP contribution in [0, 0.1) is 0 Å². The molecule has 2 heterocycles. The average Bonchev–Trinajstić information content (AvgIpc) is 3.66. The molecule has 2 N–H and O–H groups in total. The quantitative estimate of drug-likeness (QED) is 0.655. The van der Waals surface area contributed by atoms with Crippen LogP contribution in [0.5, 0.6) is 0 Å². The van der Waals surface area contributed by atoms with Crippen molar-refractivity contribution in [2.24, 2.45) is 0 Å². The van der Waals surface area contributed by atoms with Gasteiger partial charge in [-0.15, -0.1) is 0 Å². The molecule has 0 bridgehead atoms. The molecular weight excluding hydrogens is 422 g/mol. The first kappa shape index (κ1) is 22.6. The Balaban J connectivity index is 1.31. The van der Waals surface area contributed by atoms with Crippen LogP contribution >= 0.6 is 0 Å². The number of aromatic nitrogens is 1. The predicted octanol–water partition coefficient (Wildman–Crippen LogP) is 2.89. The normalized spacial score (nSPS) is 16.0. The Morgan fingerprint density at radius 2 is 1.76 bits per heavy atom. The van der Waals surface area contributed by atoms with E-state index in [1.807, 2.05) is 11.0 Å². The summed E-state index contributed by atoms with van der Waals surface area (Å²) in [7, 11) is 0. The molecule has 0 radical (unpaired) electrons. The van der Waals surface area contributed by atoms with Crippen molar-refractivity contribution in [2.45, 2.75) is 32.2 Å². The molecule has 1 saturated carbocycles. The van der Waals surface area contributed by atoms with Gasteiger partial charge in [-0.25, -0.2) is 14.6 Å². The Morgan fingerprint density at radius 1 is 1.00 bits per heavy atom. The summed E-state index contributed by atoms with van der Waals surface area (Å²) in [5, 5.41) is 5.67. The lowest BCUT2D eigenvalue weighted by Gasteiger charge is -2.23. The first-order valence-corrected chi connectivity index (χ1v) is 11.4. The molecule has 1 saturated heterocycles. The van der Waals surface area contributed by atoms with Gasteiger partial charge in [0.2, 0.25) is 0 Å². The van der Waals surface area contributed by atoms with Crippen LogP contribution in [0.3, 0.4) is 0 Å². The fraction of sp³-hybridized carbons (Fsp3) is 0.417. The number of hydrogen-bond acceptors (Lipinski definition) is 6. The Labute approximate surface area is 193 Å². The molecule has 1 aromatic carbocycles. The van der Waals surface area contributed by atoms with Gasteiger partial charge in [-0.1, -0.05) is 0 Å². The topological polar surface area (TPSA) is 104 Å². The van der Waals surface area contributed by atoms with Crippen LogP contribution < -0.4 is 15.5 Å². The Kier molecular flexibility index (Phi) is 7.07. The summed E-state index contributed by atoms with van der Waals surface area (Å²) in [6, 6.07) is 10.6. The molecule has 33 heavy (non-hydrogen) atoms. The molecule has 0 atom stereocenters. The summed E-state index contributed by atoms with van der Waals surface area (Å²) in [6.45, 7) is 4.74. The minimum absolute atomic E-state index is 0.0311. The molecule has 1 aliphatic carbocycles. The molecule has 9 nitrogen and oxygen atoms in total. The van der Waals surface area contributed by atoms with E-state index in [9.17, 15) is 14.4 Å². The number of benzene rings is 1. The molecule has 2 fully saturated rings.